The molecule has 202 valence electrons. The number of carbonyl (C=O) groups is 4. The molecule has 0 aromatic heterocycles. The smallest absolute Gasteiger partial charge is 0.326 e. The maximum atomic E-state index is 13.3. The normalized spacial score (nSPS) is 14.6. The molecule has 1 aromatic rings. The largest absolute Gasteiger partial charge is 0.480 e. The number of carbonyl (C=O) groups excluding carboxylic acids is 3. The first-order valence-electron chi connectivity index (χ1n) is 12.6. The lowest BCUT2D eigenvalue weighted by Crippen LogP contribution is -2.58. The molecule has 4 atom stereocenters. The Kier molecular flexibility index (Phi) is 13.7. The average molecular weight is 506 g/mol. The predicted octanol–water partition coefficient (Wildman–Crippen LogP) is 0.927. The van der Waals surface area contributed by atoms with Crippen molar-refractivity contribution in [1.29, 1.82) is 0 Å². The van der Waals surface area contributed by atoms with Gasteiger partial charge in [-0.2, -0.15) is 0 Å². The van der Waals surface area contributed by atoms with E-state index in [2.05, 4.69) is 16.0 Å². The molecule has 0 radical (unpaired) electrons. The van der Waals surface area contributed by atoms with Crippen LogP contribution in [0.5, 0.6) is 0 Å². The highest BCUT2D eigenvalue weighted by Crippen LogP contribution is 2.10. The Labute approximate surface area is 213 Å². The summed E-state index contributed by atoms with van der Waals surface area (Å²) in [4.78, 5) is 50.6. The Balaban J connectivity index is 3.06. The number of benzene rings is 1. The molecule has 0 aliphatic rings. The van der Waals surface area contributed by atoms with Crippen LogP contribution in [0, 0.1) is 11.8 Å². The van der Waals surface area contributed by atoms with Crippen LogP contribution >= 0.6 is 0 Å². The van der Waals surface area contributed by atoms with Crippen molar-refractivity contribution >= 4 is 23.7 Å². The van der Waals surface area contributed by atoms with E-state index in [0.717, 1.165) is 12.0 Å². The summed E-state index contributed by atoms with van der Waals surface area (Å²) in [7, 11) is 0. The SMILES string of the molecule is CC(C)CC(NC(=O)C(Cc1ccccc1)NC(=O)C(N)CCCCN)C(=O)NC(C(=O)O)C(C)C. The summed E-state index contributed by atoms with van der Waals surface area (Å²) >= 11 is 0. The van der Waals surface area contributed by atoms with E-state index in [-0.39, 0.29) is 18.3 Å². The summed E-state index contributed by atoms with van der Waals surface area (Å²) in [6, 6.07) is 5.37. The van der Waals surface area contributed by atoms with Gasteiger partial charge in [0.25, 0.3) is 0 Å². The van der Waals surface area contributed by atoms with Crippen LogP contribution in [0.2, 0.25) is 0 Å². The Morgan fingerprint density at radius 3 is 1.97 bits per heavy atom. The van der Waals surface area contributed by atoms with Crippen molar-refractivity contribution in [3.63, 3.8) is 0 Å². The molecular weight excluding hydrogens is 462 g/mol. The number of carboxylic acids is 1. The number of carboxylic acid groups (broad SMARTS) is 1. The number of hydrogen-bond donors (Lipinski definition) is 6. The summed E-state index contributed by atoms with van der Waals surface area (Å²) in [6.45, 7) is 7.68. The van der Waals surface area contributed by atoms with Gasteiger partial charge >= 0.3 is 5.97 Å². The van der Waals surface area contributed by atoms with Gasteiger partial charge in [0, 0.05) is 6.42 Å². The Morgan fingerprint density at radius 1 is 0.861 bits per heavy atom. The zero-order valence-electron chi connectivity index (χ0n) is 21.8. The van der Waals surface area contributed by atoms with E-state index in [1.165, 1.54) is 0 Å². The van der Waals surface area contributed by atoms with Gasteiger partial charge in [0.2, 0.25) is 17.7 Å². The monoisotopic (exact) mass is 505 g/mol. The third kappa shape index (κ3) is 11.2. The highest BCUT2D eigenvalue weighted by Gasteiger charge is 2.31. The van der Waals surface area contributed by atoms with Crippen LogP contribution in [-0.4, -0.2) is 59.5 Å². The van der Waals surface area contributed by atoms with Crippen molar-refractivity contribution in [1.82, 2.24) is 16.0 Å². The van der Waals surface area contributed by atoms with Gasteiger partial charge in [-0.15, -0.1) is 0 Å². The fraction of sp³-hybridized carbons (Fsp3) is 0.615. The van der Waals surface area contributed by atoms with E-state index in [4.69, 9.17) is 11.5 Å². The molecule has 0 heterocycles. The van der Waals surface area contributed by atoms with E-state index < -0.39 is 47.9 Å². The van der Waals surface area contributed by atoms with Crippen LogP contribution in [0.15, 0.2) is 30.3 Å². The molecule has 8 N–H and O–H groups in total. The summed E-state index contributed by atoms with van der Waals surface area (Å²) in [5.41, 5.74) is 12.4. The minimum atomic E-state index is -1.15. The first-order chi connectivity index (χ1) is 17.0. The molecule has 0 bridgehead atoms. The number of amides is 3. The van der Waals surface area contributed by atoms with Gasteiger partial charge in [-0.3, -0.25) is 14.4 Å². The van der Waals surface area contributed by atoms with Gasteiger partial charge in [-0.25, -0.2) is 4.79 Å². The third-order valence-corrected chi connectivity index (χ3v) is 5.79. The van der Waals surface area contributed by atoms with Gasteiger partial charge in [-0.05, 0) is 43.2 Å². The van der Waals surface area contributed by atoms with Crippen LogP contribution in [0.25, 0.3) is 0 Å². The maximum absolute atomic E-state index is 13.3. The van der Waals surface area contributed by atoms with E-state index in [9.17, 15) is 24.3 Å². The zero-order chi connectivity index (χ0) is 27.3. The van der Waals surface area contributed by atoms with E-state index >= 15 is 0 Å². The van der Waals surface area contributed by atoms with E-state index in [0.29, 0.717) is 25.8 Å². The number of unbranched alkanes of at least 4 members (excludes halogenated alkanes) is 1. The highest BCUT2D eigenvalue weighted by atomic mass is 16.4. The van der Waals surface area contributed by atoms with Crippen molar-refractivity contribution in [2.45, 2.75) is 84.0 Å². The third-order valence-electron chi connectivity index (χ3n) is 5.79. The predicted molar refractivity (Wildman–Crippen MR) is 139 cm³/mol. The zero-order valence-corrected chi connectivity index (χ0v) is 21.8. The Morgan fingerprint density at radius 2 is 1.44 bits per heavy atom. The molecular formula is C26H43N5O5. The van der Waals surface area contributed by atoms with Crippen LogP contribution in [-0.2, 0) is 25.6 Å². The van der Waals surface area contributed by atoms with Gasteiger partial charge < -0.3 is 32.5 Å². The van der Waals surface area contributed by atoms with Crippen molar-refractivity contribution < 1.29 is 24.3 Å². The first kappa shape index (κ1) is 31.1. The molecule has 1 aromatic carbocycles. The number of aliphatic carboxylic acids is 1. The maximum Gasteiger partial charge on any atom is 0.326 e. The molecule has 0 aliphatic heterocycles. The molecule has 1 rings (SSSR count). The number of nitrogens with one attached hydrogen (secondary N) is 3. The van der Waals surface area contributed by atoms with Crippen molar-refractivity contribution in [3.8, 4) is 0 Å². The minimum Gasteiger partial charge on any atom is -0.480 e. The first-order valence-corrected chi connectivity index (χ1v) is 12.6. The van der Waals surface area contributed by atoms with Crippen LogP contribution in [0.1, 0.15) is 58.9 Å². The molecule has 0 saturated heterocycles. The van der Waals surface area contributed by atoms with Crippen molar-refractivity contribution in [3.05, 3.63) is 35.9 Å². The van der Waals surface area contributed by atoms with Gasteiger partial charge in [0.1, 0.15) is 18.1 Å². The standard InChI is InChI=1S/C26H43N5O5/c1-16(2)14-20(25(34)31-22(17(3)4)26(35)36)30-24(33)21(15-18-10-6-5-7-11-18)29-23(32)19(28)12-8-9-13-27/h5-7,10-11,16-17,19-22H,8-9,12-15,27-28H2,1-4H3,(H,29,32)(H,30,33)(H,31,34)(H,35,36). The molecule has 0 fully saturated rings. The molecule has 36 heavy (non-hydrogen) atoms. The Bertz CT molecular complexity index is 846. The quantitative estimate of drug-likeness (QED) is 0.181. The fourth-order valence-corrected chi connectivity index (χ4v) is 3.72. The second-order valence-electron chi connectivity index (χ2n) is 9.90. The molecule has 10 nitrogen and oxygen atoms in total. The summed E-state index contributed by atoms with van der Waals surface area (Å²) < 4.78 is 0. The number of hydrogen-bond acceptors (Lipinski definition) is 6. The van der Waals surface area contributed by atoms with Gasteiger partial charge in [-0.1, -0.05) is 64.4 Å². The number of nitrogens with two attached hydrogens (primary N) is 2. The molecule has 0 spiro atoms. The molecule has 0 saturated carbocycles. The molecule has 10 heteroatoms. The summed E-state index contributed by atoms with van der Waals surface area (Å²) in [5.74, 6) is -3.03. The minimum absolute atomic E-state index is 0.0431. The van der Waals surface area contributed by atoms with Crippen molar-refractivity contribution in [2.24, 2.45) is 23.3 Å². The van der Waals surface area contributed by atoms with Gasteiger partial charge in [0.05, 0.1) is 6.04 Å². The molecule has 4 unspecified atom stereocenters. The topological polar surface area (TPSA) is 177 Å². The van der Waals surface area contributed by atoms with Crippen LogP contribution in [0.4, 0.5) is 0 Å². The van der Waals surface area contributed by atoms with Crippen molar-refractivity contribution in [2.75, 3.05) is 6.54 Å². The lowest BCUT2D eigenvalue weighted by Gasteiger charge is -2.27. The number of rotatable bonds is 16. The molecule has 3 amide bonds. The van der Waals surface area contributed by atoms with E-state index in [1.807, 2.05) is 44.2 Å². The Hall–Kier alpha value is -2.98. The second kappa shape index (κ2) is 15.9. The van der Waals surface area contributed by atoms with Crippen LogP contribution < -0.4 is 27.4 Å². The fourth-order valence-electron chi connectivity index (χ4n) is 3.72. The van der Waals surface area contributed by atoms with Crippen LogP contribution in [0.3, 0.4) is 0 Å². The highest BCUT2D eigenvalue weighted by molar-refractivity contribution is 5.94. The van der Waals surface area contributed by atoms with E-state index in [1.54, 1.807) is 13.8 Å². The summed E-state index contributed by atoms with van der Waals surface area (Å²) in [6.07, 6.45) is 2.37. The lowest BCUT2D eigenvalue weighted by atomic mass is 9.99. The van der Waals surface area contributed by atoms with Gasteiger partial charge in [0.15, 0.2) is 0 Å². The second-order valence-corrected chi connectivity index (χ2v) is 9.90. The summed E-state index contributed by atoms with van der Waals surface area (Å²) in [5, 5.41) is 17.4. The molecule has 0 aliphatic carbocycles. The lowest BCUT2D eigenvalue weighted by molar-refractivity contribution is -0.143. The average Bonchev–Trinajstić information content (AvgIpc) is 2.81.